The van der Waals surface area contributed by atoms with E-state index in [9.17, 15) is 9.90 Å². The largest absolute Gasteiger partial charge is 0.393 e. The predicted molar refractivity (Wildman–Crippen MR) is 86.5 cm³/mol. The molecule has 1 saturated heterocycles. The number of carbonyl (C=O) groups is 1. The van der Waals surface area contributed by atoms with Gasteiger partial charge in [0.15, 0.2) is 0 Å². The van der Waals surface area contributed by atoms with Crippen LogP contribution in [0.4, 0.5) is 0 Å². The Morgan fingerprint density at radius 3 is 2.96 bits per heavy atom. The van der Waals surface area contributed by atoms with E-state index in [1.54, 1.807) is 17.9 Å². The molecule has 2 heterocycles. The van der Waals surface area contributed by atoms with Crippen LogP contribution in [-0.4, -0.2) is 49.4 Å². The minimum Gasteiger partial charge on any atom is -0.393 e. The molecule has 0 aliphatic carbocycles. The second kappa shape index (κ2) is 6.50. The molecule has 1 N–H and O–H groups in total. The first kappa shape index (κ1) is 15.7. The molecule has 1 amide bonds. The molecular formula is C17H22N4O2. The molecule has 0 bridgehead atoms. The number of aliphatic hydroxyl groups is 1. The van der Waals surface area contributed by atoms with E-state index in [0.717, 1.165) is 30.6 Å². The summed E-state index contributed by atoms with van der Waals surface area (Å²) in [6.45, 7) is 4.50. The number of hydrogen-bond donors (Lipinski definition) is 1. The number of aromatic nitrogens is 3. The first-order valence-electron chi connectivity index (χ1n) is 8.01. The Balaban J connectivity index is 1.81. The van der Waals surface area contributed by atoms with E-state index in [1.165, 1.54) is 6.33 Å². The van der Waals surface area contributed by atoms with Gasteiger partial charge >= 0.3 is 0 Å². The number of amides is 1. The quantitative estimate of drug-likeness (QED) is 0.936. The molecule has 2 aromatic rings. The van der Waals surface area contributed by atoms with Crippen molar-refractivity contribution < 1.29 is 9.90 Å². The molecule has 1 aliphatic rings. The Kier molecular flexibility index (Phi) is 4.43. The molecule has 23 heavy (non-hydrogen) atoms. The number of hydrogen-bond acceptors (Lipinski definition) is 4. The number of carbonyl (C=O) groups excluding carboxylic acids is 1. The highest BCUT2D eigenvalue weighted by Crippen LogP contribution is 2.25. The number of aliphatic hydroxyl groups excluding tert-OH is 1. The van der Waals surface area contributed by atoms with Crippen LogP contribution in [0.5, 0.6) is 0 Å². The fraction of sp³-hybridized carbons (Fsp3) is 0.471. The monoisotopic (exact) mass is 314 g/mol. The van der Waals surface area contributed by atoms with Crippen molar-refractivity contribution in [2.75, 3.05) is 6.54 Å². The van der Waals surface area contributed by atoms with E-state index in [4.69, 9.17) is 0 Å². The molecular weight excluding hydrogens is 292 g/mol. The number of rotatable bonds is 4. The summed E-state index contributed by atoms with van der Waals surface area (Å²) in [7, 11) is 0. The molecule has 3 rings (SSSR count). The van der Waals surface area contributed by atoms with Crippen LogP contribution in [0, 0.1) is 6.92 Å². The summed E-state index contributed by atoms with van der Waals surface area (Å²) in [5.41, 5.74) is 2.58. The molecule has 6 heteroatoms. The SMILES string of the molecule is Cc1cc(C(=O)N2CCCC2CC(C)O)ccc1-n1cncn1. The van der Waals surface area contributed by atoms with Crippen molar-refractivity contribution in [2.45, 2.75) is 45.3 Å². The second-order valence-corrected chi connectivity index (χ2v) is 6.22. The third-order valence-corrected chi connectivity index (χ3v) is 4.36. The van der Waals surface area contributed by atoms with Gasteiger partial charge in [-0.1, -0.05) is 0 Å². The second-order valence-electron chi connectivity index (χ2n) is 6.22. The highest BCUT2D eigenvalue weighted by molar-refractivity contribution is 5.95. The molecule has 1 fully saturated rings. The molecule has 1 aromatic heterocycles. The van der Waals surface area contributed by atoms with Crippen LogP contribution in [0.1, 0.15) is 42.1 Å². The lowest BCUT2D eigenvalue weighted by Gasteiger charge is -2.26. The number of benzene rings is 1. The lowest BCUT2D eigenvalue weighted by molar-refractivity contribution is 0.0682. The van der Waals surface area contributed by atoms with Crippen LogP contribution in [0.15, 0.2) is 30.9 Å². The summed E-state index contributed by atoms with van der Waals surface area (Å²) < 4.78 is 1.69. The van der Waals surface area contributed by atoms with E-state index in [1.807, 2.05) is 30.0 Å². The zero-order valence-corrected chi connectivity index (χ0v) is 13.5. The van der Waals surface area contributed by atoms with E-state index >= 15 is 0 Å². The molecule has 1 aromatic carbocycles. The standard InChI is InChI=1S/C17H22N4O2/c1-12-8-14(5-6-16(12)21-11-18-10-19-21)17(23)20-7-3-4-15(20)9-13(2)22/h5-6,8,10-11,13,15,22H,3-4,7,9H2,1-2H3. The first-order chi connectivity index (χ1) is 11.1. The third-order valence-electron chi connectivity index (χ3n) is 4.36. The van der Waals surface area contributed by atoms with Crippen LogP contribution < -0.4 is 0 Å². The minimum absolute atomic E-state index is 0.0430. The molecule has 0 spiro atoms. The molecule has 122 valence electrons. The number of likely N-dealkylation sites (tertiary alicyclic amines) is 1. The van der Waals surface area contributed by atoms with Crippen LogP contribution in [-0.2, 0) is 0 Å². The average Bonchev–Trinajstić information content (AvgIpc) is 3.17. The average molecular weight is 314 g/mol. The Morgan fingerprint density at radius 1 is 1.48 bits per heavy atom. The predicted octanol–water partition coefficient (Wildman–Crippen LogP) is 1.95. The van der Waals surface area contributed by atoms with Crippen molar-refractivity contribution in [3.63, 3.8) is 0 Å². The minimum atomic E-state index is -0.384. The van der Waals surface area contributed by atoms with Crippen molar-refractivity contribution in [1.29, 1.82) is 0 Å². The Labute approximate surface area is 135 Å². The molecule has 2 unspecified atom stereocenters. The van der Waals surface area contributed by atoms with Gasteiger partial charge < -0.3 is 10.0 Å². The summed E-state index contributed by atoms with van der Waals surface area (Å²) in [4.78, 5) is 18.6. The van der Waals surface area contributed by atoms with Crippen molar-refractivity contribution in [3.8, 4) is 5.69 Å². The van der Waals surface area contributed by atoms with Crippen LogP contribution in [0.2, 0.25) is 0 Å². The smallest absolute Gasteiger partial charge is 0.254 e. The van der Waals surface area contributed by atoms with Gasteiger partial charge in [0.1, 0.15) is 12.7 Å². The normalized spacial score (nSPS) is 19.1. The maximum Gasteiger partial charge on any atom is 0.254 e. The fourth-order valence-electron chi connectivity index (χ4n) is 3.29. The number of aryl methyl sites for hydroxylation is 1. The van der Waals surface area contributed by atoms with Crippen LogP contribution >= 0.6 is 0 Å². The maximum absolute atomic E-state index is 12.8. The molecule has 6 nitrogen and oxygen atoms in total. The molecule has 0 radical (unpaired) electrons. The van der Waals surface area contributed by atoms with Crippen molar-refractivity contribution >= 4 is 5.91 Å². The van der Waals surface area contributed by atoms with Gasteiger partial charge in [-0.2, -0.15) is 5.10 Å². The van der Waals surface area contributed by atoms with Gasteiger partial charge in [0.05, 0.1) is 11.8 Å². The molecule has 0 saturated carbocycles. The third kappa shape index (κ3) is 3.27. The summed E-state index contributed by atoms with van der Waals surface area (Å²) in [6, 6.07) is 5.77. The fourth-order valence-corrected chi connectivity index (χ4v) is 3.29. The highest BCUT2D eigenvalue weighted by Gasteiger charge is 2.30. The number of nitrogens with zero attached hydrogens (tertiary/aromatic N) is 4. The van der Waals surface area contributed by atoms with Crippen LogP contribution in [0.3, 0.4) is 0 Å². The lowest BCUT2D eigenvalue weighted by Crippen LogP contribution is -2.37. The summed E-state index contributed by atoms with van der Waals surface area (Å²) >= 11 is 0. The van der Waals surface area contributed by atoms with Gasteiger partial charge in [0.2, 0.25) is 0 Å². The van der Waals surface area contributed by atoms with Gasteiger partial charge in [-0.05, 0) is 56.9 Å². The zero-order valence-electron chi connectivity index (χ0n) is 13.5. The summed E-state index contributed by atoms with van der Waals surface area (Å²) in [6.07, 6.45) is 5.35. The molecule has 1 aliphatic heterocycles. The van der Waals surface area contributed by atoms with E-state index in [0.29, 0.717) is 12.0 Å². The van der Waals surface area contributed by atoms with E-state index in [2.05, 4.69) is 10.1 Å². The first-order valence-corrected chi connectivity index (χ1v) is 8.01. The Hall–Kier alpha value is -2.21. The highest BCUT2D eigenvalue weighted by atomic mass is 16.3. The van der Waals surface area contributed by atoms with Crippen molar-refractivity contribution in [2.24, 2.45) is 0 Å². The zero-order chi connectivity index (χ0) is 16.4. The Bertz CT molecular complexity index is 682. The van der Waals surface area contributed by atoms with E-state index in [-0.39, 0.29) is 18.1 Å². The van der Waals surface area contributed by atoms with Crippen LogP contribution in [0.25, 0.3) is 5.69 Å². The topological polar surface area (TPSA) is 71.2 Å². The van der Waals surface area contributed by atoms with Crippen molar-refractivity contribution in [3.05, 3.63) is 42.0 Å². The maximum atomic E-state index is 12.8. The Morgan fingerprint density at radius 2 is 2.30 bits per heavy atom. The van der Waals surface area contributed by atoms with Crippen molar-refractivity contribution in [1.82, 2.24) is 19.7 Å². The van der Waals surface area contributed by atoms with E-state index < -0.39 is 0 Å². The summed E-state index contributed by atoms with van der Waals surface area (Å²) in [5.74, 6) is 0.0430. The lowest BCUT2D eigenvalue weighted by atomic mass is 10.1. The van der Waals surface area contributed by atoms with Gasteiger partial charge in [-0.25, -0.2) is 9.67 Å². The summed E-state index contributed by atoms with van der Waals surface area (Å²) in [5, 5.41) is 13.7. The van der Waals surface area contributed by atoms with Gasteiger partial charge in [-0.15, -0.1) is 0 Å². The van der Waals surface area contributed by atoms with Gasteiger partial charge in [0.25, 0.3) is 5.91 Å². The molecule has 2 atom stereocenters. The van der Waals surface area contributed by atoms with Gasteiger partial charge in [-0.3, -0.25) is 4.79 Å². The van der Waals surface area contributed by atoms with Gasteiger partial charge in [0, 0.05) is 18.2 Å².